The van der Waals surface area contributed by atoms with Crippen molar-refractivity contribution < 1.29 is 41.8 Å². The van der Waals surface area contributed by atoms with E-state index in [0.29, 0.717) is 25.7 Å². The highest BCUT2D eigenvalue weighted by atomic mass is 35.5. The quantitative estimate of drug-likeness (QED) is 0.0649. The van der Waals surface area contributed by atoms with E-state index in [9.17, 15) is 27.6 Å². The third-order valence-electron chi connectivity index (χ3n) is 8.58. The minimum absolute atomic E-state index is 0.0567. The highest BCUT2D eigenvalue weighted by Gasteiger charge is 2.36. The fraction of sp³-hybridized carbons (Fsp3) is 0.463. The van der Waals surface area contributed by atoms with Crippen LogP contribution in [-0.2, 0) is 51.6 Å². The van der Waals surface area contributed by atoms with Gasteiger partial charge < -0.3 is 24.4 Å². The standard InChI is InChI=1S/C41H55ClN4O9S/c1-7-53-38(48)31-25-36(56(43,51)52)32(42)26-34(31)44-24-16-15-21-35(40(50)55-41(4,5)6)46(27-30-19-13-10-14-20-30)37(47)28(3)45-33(39(49)54-8-2)23-22-29-17-11-9-12-18-29/h9-14,17-20,25-26,28,33,35,44-45H,7-8,15-16,21-24,27H2,1-6H3,(H2,43,51,52)/t28-,33-,35+/m0/s1. The molecule has 3 atom stereocenters. The number of amides is 1. The maximum Gasteiger partial charge on any atom is 0.340 e. The molecule has 1 amide bonds. The van der Waals surface area contributed by atoms with E-state index < -0.39 is 62.5 Å². The number of esters is 3. The minimum Gasteiger partial charge on any atom is -0.465 e. The van der Waals surface area contributed by atoms with Crippen LogP contribution < -0.4 is 15.8 Å². The van der Waals surface area contributed by atoms with Gasteiger partial charge >= 0.3 is 17.9 Å². The van der Waals surface area contributed by atoms with Gasteiger partial charge in [-0.25, -0.2) is 23.1 Å². The molecule has 0 unspecified atom stereocenters. The zero-order valence-electron chi connectivity index (χ0n) is 33.0. The van der Waals surface area contributed by atoms with Crippen molar-refractivity contribution in [3.63, 3.8) is 0 Å². The van der Waals surface area contributed by atoms with Crippen molar-refractivity contribution in [2.75, 3.05) is 25.1 Å². The molecular formula is C41H55ClN4O9S. The maximum absolute atomic E-state index is 14.5. The first-order valence-corrected chi connectivity index (χ1v) is 20.7. The molecule has 0 spiro atoms. The maximum atomic E-state index is 14.5. The largest absolute Gasteiger partial charge is 0.465 e. The number of unbranched alkanes of at least 4 members (excludes halogenated alkanes) is 1. The van der Waals surface area contributed by atoms with Crippen molar-refractivity contribution in [1.82, 2.24) is 10.2 Å². The predicted molar refractivity (Wildman–Crippen MR) is 216 cm³/mol. The number of primary sulfonamides is 1. The Morgan fingerprint density at radius 2 is 1.46 bits per heavy atom. The molecule has 0 radical (unpaired) electrons. The molecule has 0 aliphatic carbocycles. The summed E-state index contributed by atoms with van der Waals surface area (Å²) in [5.41, 5.74) is 1.17. The highest BCUT2D eigenvalue weighted by Crippen LogP contribution is 2.29. The molecule has 0 fully saturated rings. The summed E-state index contributed by atoms with van der Waals surface area (Å²) in [6, 6.07) is 18.7. The van der Waals surface area contributed by atoms with Crippen LogP contribution in [0, 0.1) is 0 Å². The van der Waals surface area contributed by atoms with Crippen LogP contribution in [0.25, 0.3) is 0 Å². The van der Waals surface area contributed by atoms with E-state index in [2.05, 4.69) is 10.6 Å². The lowest BCUT2D eigenvalue weighted by Crippen LogP contribution is -2.55. The lowest BCUT2D eigenvalue weighted by molar-refractivity contribution is -0.166. The van der Waals surface area contributed by atoms with Crippen LogP contribution in [-0.4, -0.2) is 80.6 Å². The van der Waals surface area contributed by atoms with Gasteiger partial charge in [-0.3, -0.25) is 14.9 Å². The van der Waals surface area contributed by atoms with Crippen LogP contribution in [0.15, 0.2) is 77.7 Å². The molecule has 4 N–H and O–H groups in total. The second kappa shape index (κ2) is 21.7. The van der Waals surface area contributed by atoms with Crippen molar-refractivity contribution in [3.8, 4) is 0 Å². The Hall–Kier alpha value is -4.50. The molecule has 0 aliphatic heterocycles. The number of carbonyl (C=O) groups is 4. The number of benzene rings is 3. The fourth-order valence-electron chi connectivity index (χ4n) is 5.96. The molecule has 0 aromatic heterocycles. The Labute approximate surface area is 335 Å². The summed E-state index contributed by atoms with van der Waals surface area (Å²) in [5.74, 6) is -2.21. The summed E-state index contributed by atoms with van der Waals surface area (Å²) in [6.45, 7) is 10.9. The van der Waals surface area contributed by atoms with Gasteiger partial charge in [0, 0.05) is 13.1 Å². The molecule has 0 saturated carbocycles. The van der Waals surface area contributed by atoms with Gasteiger partial charge in [-0.1, -0.05) is 72.3 Å². The van der Waals surface area contributed by atoms with Gasteiger partial charge in [0.05, 0.1) is 35.5 Å². The van der Waals surface area contributed by atoms with Crippen molar-refractivity contribution in [1.29, 1.82) is 0 Å². The van der Waals surface area contributed by atoms with Crippen molar-refractivity contribution >= 4 is 51.1 Å². The normalized spacial score (nSPS) is 13.2. The number of ether oxygens (including phenoxy) is 3. The summed E-state index contributed by atoms with van der Waals surface area (Å²) in [5, 5.41) is 11.4. The van der Waals surface area contributed by atoms with E-state index in [1.54, 1.807) is 41.5 Å². The Morgan fingerprint density at radius 1 is 0.857 bits per heavy atom. The van der Waals surface area contributed by atoms with Crippen LogP contribution in [0.5, 0.6) is 0 Å². The van der Waals surface area contributed by atoms with Gasteiger partial charge in [0.15, 0.2) is 0 Å². The zero-order chi connectivity index (χ0) is 41.5. The van der Waals surface area contributed by atoms with Crippen LogP contribution in [0.4, 0.5) is 5.69 Å². The zero-order valence-corrected chi connectivity index (χ0v) is 34.6. The van der Waals surface area contributed by atoms with Gasteiger partial charge in [-0.05, 0) is 96.9 Å². The number of rotatable bonds is 21. The van der Waals surface area contributed by atoms with Crippen LogP contribution in [0.1, 0.15) is 88.7 Å². The van der Waals surface area contributed by atoms with Crippen LogP contribution in [0.3, 0.4) is 0 Å². The van der Waals surface area contributed by atoms with Crippen LogP contribution in [0.2, 0.25) is 5.02 Å². The number of nitrogens with two attached hydrogens (primary N) is 1. The number of aryl methyl sites for hydroxylation is 1. The van der Waals surface area contributed by atoms with Gasteiger partial charge in [-0.15, -0.1) is 0 Å². The summed E-state index contributed by atoms with van der Waals surface area (Å²) < 4.78 is 40.5. The number of nitrogens with zero attached hydrogens (tertiary/aromatic N) is 1. The van der Waals surface area contributed by atoms with Crippen molar-refractivity contribution in [2.45, 2.75) is 109 Å². The van der Waals surface area contributed by atoms with Gasteiger partial charge in [0.1, 0.15) is 22.6 Å². The molecular weight excluding hydrogens is 760 g/mol. The topological polar surface area (TPSA) is 183 Å². The van der Waals surface area contributed by atoms with E-state index in [1.165, 1.54) is 11.0 Å². The number of halogens is 1. The number of anilines is 1. The predicted octanol–water partition coefficient (Wildman–Crippen LogP) is 6.03. The minimum atomic E-state index is -4.22. The van der Waals surface area contributed by atoms with Gasteiger partial charge in [0.2, 0.25) is 15.9 Å². The lowest BCUT2D eigenvalue weighted by Gasteiger charge is -2.35. The molecule has 3 rings (SSSR count). The number of sulfonamides is 1. The van der Waals surface area contributed by atoms with E-state index in [-0.39, 0.29) is 49.0 Å². The molecule has 0 heterocycles. The summed E-state index contributed by atoms with van der Waals surface area (Å²) in [7, 11) is -4.22. The van der Waals surface area contributed by atoms with Crippen molar-refractivity contribution in [2.24, 2.45) is 5.14 Å². The number of nitrogens with one attached hydrogen (secondary N) is 2. The average Bonchev–Trinajstić information content (AvgIpc) is 3.13. The highest BCUT2D eigenvalue weighted by molar-refractivity contribution is 7.89. The van der Waals surface area contributed by atoms with Gasteiger partial charge in [0.25, 0.3) is 0 Å². The summed E-state index contributed by atoms with van der Waals surface area (Å²) in [6.07, 6.45) is 2.06. The molecule has 3 aromatic rings. The first-order chi connectivity index (χ1) is 26.4. The van der Waals surface area contributed by atoms with E-state index in [1.807, 2.05) is 60.7 Å². The number of hydrogen-bond acceptors (Lipinski definition) is 11. The molecule has 56 heavy (non-hydrogen) atoms. The molecule has 15 heteroatoms. The third kappa shape index (κ3) is 14.5. The number of hydrogen-bond donors (Lipinski definition) is 3. The number of carbonyl (C=O) groups excluding carboxylic acids is 4. The SMILES string of the molecule is CCOC(=O)c1cc(S(N)(=O)=O)c(Cl)cc1NCCCC[C@H](C(=O)OC(C)(C)C)N(Cc1ccccc1)C(=O)[C@H](C)N[C@@H](CCc1ccccc1)C(=O)OCC. The molecule has 306 valence electrons. The van der Waals surface area contributed by atoms with Crippen LogP contribution >= 0.6 is 11.6 Å². The molecule has 0 bridgehead atoms. The fourth-order valence-corrected chi connectivity index (χ4v) is 7.06. The summed E-state index contributed by atoms with van der Waals surface area (Å²) >= 11 is 6.23. The van der Waals surface area contributed by atoms with E-state index in [4.69, 9.17) is 31.0 Å². The first kappa shape index (κ1) is 45.9. The Morgan fingerprint density at radius 3 is 2.04 bits per heavy atom. The summed E-state index contributed by atoms with van der Waals surface area (Å²) in [4.78, 5) is 55.4. The monoisotopic (exact) mass is 814 g/mol. The smallest absolute Gasteiger partial charge is 0.340 e. The first-order valence-electron chi connectivity index (χ1n) is 18.8. The molecule has 13 nitrogen and oxygen atoms in total. The molecule has 0 saturated heterocycles. The Balaban J connectivity index is 1.87. The van der Waals surface area contributed by atoms with E-state index in [0.717, 1.165) is 17.2 Å². The third-order valence-corrected chi connectivity index (χ3v) is 9.96. The lowest BCUT2D eigenvalue weighted by atomic mass is 10.0. The van der Waals surface area contributed by atoms with Gasteiger partial charge in [-0.2, -0.15) is 0 Å². The second-order valence-electron chi connectivity index (χ2n) is 14.2. The second-order valence-corrected chi connectivity index (χ2v) is 16.2. The Kier molecular flexibility index (Phi) is 17.8. The van der Waals surface area contributed by atoms with E-state index >= 15 is 0 Å². The molecule has 0 aliphatic rings. The molecule has 3 aromatic carbocycles. The Bertz CT molecular complexity index is 1870. The average molecular weight is 815 g/mol. The van der Waals surface area contributed by atoms with Crippen molar-refractivity contribution in [3.05, 3.63) is 94.5 Å².